The molecule has 2 heterocycles. The molecule has 0 bridgehead atoms. The summed E-state index contributed by atoms with van der Waals surface area (Å²) in [4.78, 5) is 11.5. The van der Waals surface area contributed by atoms with Crippen molar-refractivity contribution in [2.45, 2.75) is 5.75 Å². The number of hydrogen-bond donors (Lipinski definition) is 1. The summed E-state index contributed by atoms with van der Waals surface area (Å²) in [6.45, 7) is 6.93. The van der Waals surface area contributed by atoms with Crippen LogP contribution in [0.2, 0.25) is 0 Å². The third-order valence-electron chi connectivity index (χ3n) is 2.66. The van der Waals surface area contributed by atoms with Crippen molar-refractivity contribution < 1.29 is 14.3 Å². The summed E-state index contributed by atoms with van der Waals surface area (Å²) in [5.41, 5.74) is 1.73. The molecule has 1 aliphatic rings. The first-order valence-electron chi connectivity index (χ1n) is 5.11. The maximum absolute atomic E-state index is 13.3. The highest BCUT2D eigenvalue weighted by Crippen LogP contribution is 2.42. The van der Waals surface area contributed by atoms with E-state index in [-0.39, 0.29) is 5.69 Å². The van der Waals surface area contributed by atoms with Gasteiger partial charge in [0.25, 0.3) is 0 Å². The number of aromatic nitrogens is 2. The lowest BCUT2D eigenvalue weighted by Gasteiger charge is -2.17. The first-order valence-corrected chi connectivity index (χ1v) is 6.09. The molecule has 1 aliphatic heterocycles. The van der Waals surface area contributed by atoms with Crippen LogP contribution in [-0.2, 0) is 12.8 Å². The number of rotatable bonds is 3. The van der Waals surface area contributed by atoms with E-state index >= 15 is 0 Å². The molecule has 0 atom stereocenters. The molecule has 94 valence electrons. The molecule has 0 saturated heterocycles. The van der Waals surface area contributed by atoms with Gasteiger partial charge in [-0.1, -0.05) is 19.2 Å². The van der Waals surface area contributed by atoms with E-state index < -0.39 is 11.8 Å². The number of carbonyl (C=O) groups is 1. The summed E-state index contributed by atoms with van der Waals surface area (Å²) >= 11 is 1.21. The molecule has 1 N–H and O–H groups in total. The molecule has 0 aromatic carbocycles. The predicted octanol–water partition coefficient (Wildman–Crippen LogP) is 2.75. The molecular weight excluding hydrogens is 255 g/mol. The Labute approximate surface area is 107 Å². The van der Waals surface area contributed by atoms with Gasteiger partial charge in [-0.15, -0.1) is 11.8 Å². The van der Waals surface area contributed by atoms with Crippen molar-refractivity contribution in [1.29, 1.82) is 0 Å². The van der Waals surface area contributed by atoms with Crippen LogP contribution in [0.5, 0.6) is 0 Å². The first-order chi connectivity index (χ1) is 8.47. The van der Waals surface area contributed by atoms with Gasteiger partial charge in [0.1, 0.15) is 5.83 Å². The van der Waals surface area contributed by atoms with E-state index in [1.807, 2.05) is 0 Å². The van der Waals surface area contributed by atoms with Gasteiger partial charge in [0, 0.05) is 23.9 Å². The number of fused-ring (bicyclic) bond motifs is 1. The smallest absolute Gasteiger partial charge is 0.356 e. The fourth-order valence-corrected chi connectivity index (χ4v) is 3.01. The van der Waals surface area contributed by atoms with Gasteiger partial charge in [-0.25, -0.2) is 9.18 Å². The van der Waals surface area contributed by atoms with Crippen LogP contribution in [0.3, 0.4) is 0 Å². The molecule has 0 spiro atoms. The largest absolute Gasteiger partial charge is 0.476 e. The number of allylic oxidation sites excluding steroid dienone is 3. The molecule has 0 fully saturated rings. The third kappa shape index (κ3) is 1.78. The first kappa shape index (κ1) is 12.6. The molecule has 0 radical (unpaired) electrons. The lowest BCUT2D eigenvalue weighted by Crippen LogP contribution is -2.05. The van der Waals surface area contributed by atoms with Crippen molar-refractivity contribution in [3.63, 3.8) is 0 Å². The van der Waals surface area contributed by atoms with E-state index in [1.165, 1.54) is 22.5 Å². The number of aryl methyl sites for hydroxylation is 1. The SMILES string of the molecule is C=CC1=C(C(=C)F)SCc2c(C(=O)O)nn(C)c21. The van der Waals surface area contributed by atoms with Crippen LogP contribution in [0.15, 0.2) is 30.0 Å². The van der Waals surface area contributed by atoms with Gasteiger partial charge in [0.2, 0.25) is 0 Å². The summed E-state index contributed by atoms with van der Waals surface area (Å²) < 4.78 is 14.8. The second-order valence-electron chi connectivity index (χ2n) is 3.75. The number of halogens is 1. The highest BCUT2D eigenvalue weighted by atomic mass is 32.2. The van der Waals surface area contributed by atoms with Crippen molar-refractivity contribution >= 4 is 23.3 Å². The van der Waals surface area contributed by atoms with Gasteiger partial charge in [-0.3, -0.25) is 4.68 Å². The summed E-state index contributed by atoms with van der Waals surface area (Å²) in [6, 6.07) is 0. The average Bonchev–Trinajstić information content (AvgIpc) is 2.66. The van der Waals surface area contributed by atoms with E-state index in [0.29, 0.717) is 27.5 Å². The van der Waals surface area contributed by atoms with Crippen LogP contribution in [0.25, 0.3) is 5.57 Å². The monoisotopic (exact) mass is 266 g/mol. The maximum Gasteiger partial charge on any atom is 0.356 e. The zero-order valence-corrected chi connectivity index (χ0v) is 10.6. The lowest BCUT2D eigenvalue weighted by atomic mass is 10.1. The molecule has 1 aromatic rings. The number of carboxylic acids is 1. The van der Waals surface area contributed by atoms with Gasteiger partial charge < -0.3 is 5.11 Å². The summed E-state index contributed by atoms with van der Waals surface area (Å²) in [5, 5.41) is 13.0. The molecule has 0 amide bonds. The Morgan fingerprint density at radius 1 is 1.67 bits per heavy atom. The van der Waals surface area contributed by atoms with Crippen molar-refractivity contribution in [3.05, 3.63) is 46.9 Å². The van der Waals surface area contributed by atoms with E-state index in [1.54, 1.807) is 7.05 Å². The molecule has 1 aromatic heterocycles. The number of aromatic carboxylic acids is 1. The minimum Gasteiger partial charge on any atom is -0.476 e. The van der Waals surface area contributed by atoms with E-state index in [2.05, 4.69) is 18.3 Å². The highest BCUT2D eigenvalue weighted by Gasteiger charge is 2.28. The van der Waals surface area contributed by atoms with Gasteiger partial charge in [-0.05, 0) is 0 Å². The number of hydrogen-bond acceptors (Lipinski definition) is 3. The van der Waals surface area contributed by atoms with Gasteiger partial charge in [-0.2, -0.15) is 5.10 Å². The zero-order chi connectivity index (χ0) is 13.4. The fraction of sp³-hybridized carbons (Fsp3) is 0.167. The Balaban J connectivity index is 2.73. The van der Waals surface area contributed by atoms with E-state index in [9.17, 15) is 9.18 Å². The topological polar surface area (TPSA) is 55.1 Å². The Morgan fingerprint density at radius 3 is 2.83 bits per heavy atom. The maximum atomic E-state index is 13.3. The van der Waals surface area contributed by atoms with Crippen molar-refractivity contribution in [3.8, 4) is 0 Å². The van der Waals surface area contributed by atoms with Crippen LogP contribution < -0.4 is 0 Å². The normalized spacial score (nSPS) is 14.3. The minimum atomic E-state index is -1.08. The number of nitrogens with zero attached hydrogens (tertiary/aromatic N) is 2. The Hall–Kier alpha value is -1.82. The summed E-state index contributed by atoms with van der Waals surface area (Å²) in [5.74, 6) is -1.27. The number of carboxylic acid groups (broad SMARTS) is 1. The second kappa shape index (κ2) is 4.45. The van der Waals surface area contributed by atoms with Crippen LogP contribution in [0, 0.1) is 0 Å². The molecule has 0 saturated carbocycles. The fourth-order valence-electron chi connectivity index (χ4n) is 1.96. The summed E-state index contributed by atoms with van der Waals surface area (Å²) in [7, 11) is 1.63. The Morgan fingerprint density at radius 2 is 2.33 bits per heavy atom. The Bertz CT molecular complexity index is 601. The standard InChI is InChI=1S/C12H11FN2O2S/c1-4-7-10-8(5-18-11(7)6(2)13)9(12(16)17)14-15(10)3/h4H,1-2,5H2,3H3,(H,16,17). The summed E-state index contributed by atoms with van der Waals surface area (Å²) in [6.07, 6.45) is 1.50. The molecule has 0 aliphatic carbocycles. The van der Waals surface area contributed by atoms with Gasteiger partial charge in [0.05, 0.1) is 10.6 Å². The molecule has 2 rings (SSSR count). The zero-order valence-electron chi connectivity index (χ0n) is 9.73. The average molecular weight is 266 g/mol. The van der Waals surface area contributed by atoms with Crippen LogP contribution in [-0.4, -0.2) is 20.9 Å². The lowest BCUT2D eigenvalue weighted by molar-refractivity contribution is 0.0689. The molecule has 4 nitrogen and oxygen atoms in total. The predicted molar refractivity (Wildman–Crippen MR) is 68.8 cm³/mol. The molecule has 18 heavy (non-hydrogen) atoms. The number of thioether (sulfide) groups is 1. The van der Waals surface area contributed by atoms with Crippen molar-refractivity contribution in [2.75, 3.05) is 0 Å². The van der Waals surface area contributed by atoms with Crippen molar-refractivity contribution in [2.24, 2.45) is 7.05 Å². The molecule has 6 heteroatoms. The quantitative estimate of drug-likeness (QED) is 0.914. The van der Waals surface area contributed by atoms with Crippen LogP contribution in [0.1, 0.15) is 21.7 Å². The Kier molecular flexibility index (Phi) is 3.13. The van der Waals surface area contributed by atoms with Crippen LogP contribution >= 0.6 is 11.8 Å². The second-order valence-corrected chi connectivity index (χ2v) is 4.73. The van der Waals surface area contributed by atoms with Gasteiger partial charge in [0.15, 0.2) is 5.69 Å². The highest BCUT2D eigenvalue weighted by molar-refractivity contribution is 8.02. The van der Waals surface area contributed by atoms with Gasteiger partial charge >= 0.3 is 5.97 Å². The molecular formula is C12H11FN2O2S. The van der Waals surface area contributed by atoms with Crippen LogP contribution in [0.4, 0.5) is 4.39 Å². The molecule has 0 unspecified atom stereocenters. The van der Waals surface area contributed by atoms with E-state index in [4.69, 9.17) is 5.11 Å². The third-order valence-corrected chi connectivity index (χ3v) is 3.82. The minimum absolute atomic E-state index is 0.00266. The van der Waals surface area contributed by atoms with Crippen molar-refractivity contribution in [1.82, 2.24) is 9.78 Å². The van der Waals surface area contributed by atoms with E-state index in [0.717, 1.165) is 0 Å².